The first-order valence-electron chi connectivity index (χ1n) is 9.61. The summed E-state index contributed by atoms with van der Waals surface area (Å²) in [6.07, 6.45) is 0. The first kappa shape index (κ1) is 19.9. The average molecular weight is 386 g/mol. The highest BCUT2D eigenvalue weighted by Gasteiger charge is 2.13. The van der Waals surface area contributed by atoms with E-state index < -0.39 is 0 Å². The van der Waals surface area contributed by atoms with Crippen LogP contribution < -0.4 is 10.6 Å². The maximum absolute atomic E-state index is 4.31. The largest absolute Gasteiger partial charge is 0.352 e. The van der Waals surface area contributed by atoms with E-state index in [1.54, 1.807) is 0 Å². The molecule has 1 aliphatic rings. The fraction of sp³-hybridized carbons (Fsp3) is 0.476. The number of nitrogens with one attached hydrogen (secondary N) is 2. The van der Waals surface area contributed by atoms with Crippen molar-refractivity contribution in [2.75, 3.05) is 40.3 Å². The maximum Gasteiger partial charge on any atom is 0.191 e. The van der Waals surface area contributed by atoms with Gasteiger partial charge in [-0.2, -0.15) is 0 Å². The summed E-state index contributed by atoms with van der Waals surface area (Å²) in [5.41, 5.74) is 2.66. The maximum atomic E-state index is 4.31. The van der Waals surface area contributed by atoms with E-state index in [0.717, 1.165) is 38.7 Å². The molecule has 1 aliphatic heterocycles. The van der Waals surface area contributed by atoms with Crippen LogP contribution in [0.2, 0.25) is 0 Å². The first-order chi connectivity index (χ1) is 13.1. The zero-order valence-corrected chi connectivity index (χ0v) is 17.5. The van der Waals surface area contributed by atoms with Crippen molar-refractivity contribution >= 4 is 17.3 Å². The van der Waals surface area contributed by atoms with Gasteiger partial charge in [-0.25, -0.2) is 0 Å². The van der Waals surface area contributed by atoms with Crippen LogP contribution in [-0.2, 0) is 19.6 Å². The van der Waals surface area contributed by atoms with Crippen LogP contribution in [0.3, 0.4) is 0 Å². The third-order valence-corrected chi connectivity index (χ3v) is 5.94. The minimum Gasteiger partial charge on any atom is -0.352 e. The number of rotatable bonds is 6. The Morgan fingerprint density at radius 3 is 2.26 bits per heavy atom. The number of hydrogen-bond acceptors (Lipinski definition) is 4. The molecular weight excluding hydrogens is 354 g/mol. The van der Waals surface area contributed by atoms with Gasteiger partial charge < -0.3 is 15.5 Å². The van der Waals surface area contributed by atoms with Gasteiger partial charge in [0.05, 0.1) is 6.54 Å². The molecule has 1 aromatic carbocycles. The number of hydrogen-bond donors (Lipinski definition) is 2. The lowest BCUT2D eigenvalue weighted by atomic mass is 10.1. The molecule has 0 atom stereocenters. The number of aryl methyl sites for hydroxylation is 1. The van der Waals surface area contributed by atoms with Crippen molar-refractivity contribution in [2.24, 2.45) is 4.99 Å². The van der Waals surface area contributed by atoms with Gasteiger partial charge in [-0.05, 0) is 37.2 Å². The quantitative estimate of drug-likeness (QED) is 0.593. The Morgan fingerprint density at radius 2 is 1.63 bits per heavy atom. The highest BCUT2D eigenvalue weighted by molar-refractivity contribution is 7.11. The van der Waals surface area contributed by atoms with Crippen LogP contribution in [-0.4, -0.2) is 56.0 Å². The molecule has 2 N–H and O–H groups in total. The van der Waals surface area contributed by atoms with Crippen LogP contribution in [0.1, 0.15) is 20.9 Å². The molecule has 0 amide bonds. The zero-order valence-electron chi connectivity index (χ0n) is 16.7. The van der Waals surface area contributed by atoms with E-state index in [2.05, 4.69) is 75.8 Å². The van der Waals surface area contributed by atoms with Crippen molar-refractivity contribution in [3.63, 3.8) is 0 Å². The Balaban J connectivity index is 1.43. The average Bonchev–Trinajstić information content (AvgIpc) is 3.10. The number of benzene rings is 1. The molecule has 27 heavy (non-hydrogen) atoms. The summed E-state index contributed by atoms with van der Waals surface area (Å²) in [6.45, 7) is 9.41. The van der Waals surface area contributed by atoms with E-state index in [0.29, 0.717) is 0 Å². The topological polar surface area (TPSA) is 42.9 Å². The smallest absolute Gasteiger partial charge is 0.191 e. The molecule has 1 fully saturated rings. The number of aliphatic imine (C=N–C) groups is 1. The minimum atomic E-state index is 0.776. The van der Waals surface area contributed by atoms with Crippen molar-refractivity contribution in [3.05, 3.63) is 57.3 Å². The fourth-order valence-electron chi connectivity index (χ4n) is 3.18. The molecule has 0 spiro atoms. The second-order valence-electron chi connectivity index (χ2n) is 7.19. The number of piperazine rings is 1. The summed E-state index contributed by atoms with van der Waals surface area (Å²) in [5.74, 6) is 0.836. The Labute approximate surface area is 167 Å². The van der Waals surface area contributed by atoms with Gasteiger partial charge in [-0.3, -0.25) is 9.89 Å². The van der Waals surface area contributed by atoms with E-state index in [4.69, 9.17) is 0 Å². The van der Waals surface area contributed by atoms with Crippen LogP contribution >= 0.6 is 11.3 Å². The van der Waals surface area contributed by atoms with Gasteiger partial charge in [0, 0.05) is 56.1 Å². The van der Waals surface area contributed by atoms with Crippen LogP contribution in [0.25, 0.3) is 0 Å². The summed E-state index contributed by atoms with van der Waals surface area (Å²) >= 11 is 1.82. The predicted octanol–water partition coefficient (Wildman–Crippen LogP) is 2.67. The molecule has 6 heteroatoms. The summed E-state index contributed by atoms with van der Waals surface area (Å²) in [4.78, 5) is 11.9. The number of thiophene rings is 1. The SMILES string of the molecule is CN=C(NCc1ccc(CN2CCN(C)CC2)cc1)NCc1ccc(C)s1. The summed E-state index contributed by atoms with van der Waals surface area (Å²) in [5, 5.41) is 6.77. The van der Waals surface area contributed by atoms with Crippen molar-refractivity contribution in [3.8, 4) is 0 Å². The van der Waals surface area contributed by atoms with Crippen molar-refractivity contribution in [1.82, 2.24) is 20.4 Å². The molecule has 0 aliphatic carbocycles. The standard InChI is InChI=1S/C21H31N5S/c1-17-4-9-20(27-17)15-24-21(22-2)23-14-18-5-7-19(8-6-18)16-26-12-10-25(3)11-13-26/h4-9H,10-16H2,1-3H3,(H2,22,23,24). The highest BCUT2D eigenvalue weighted by Crippen LogP contribution is 2.14. The minimum absolute atomic E-state index is 0.776. The molecule has 0 bridgehead atoms. The monoisotopic (exact) mass is 385 g/mol. The van der Waals surface area contributed by atoms with Crippen molar-refractivity contribution in [2.45, 2.75) is 26.6 Å². The lowest BCUT2D eigenvalue weighted by Crippen LogP contribution is -2.43. The van der Waals surface area contributed by atoms with Gasteiger partial charge in [0.2, 0.25) is 0 Å². The van der Waals surface area contributed by atoms with Gasteiger partial charge in [-0.1, -0.05) is 24.3 Å². The molecule has 2 aromatic rings. The second-order valence-corrected chi connectivity index (χ2v) is 8.56. The first-order valence-corrected chi connectivity index (χ1v) is 10.4. The molecular formula is C21H31N5S. The van der Waals surface area contributed by atoms with Crippen LogP contribution in [0.15, 0.2) is 41.4 Å². The van der Waals surface area contributed by atoms with Gasteiger partial charge in [0.1, 0.15) is 0 Å². The molecule has 0 unspecified atom stereocenters. The molecule has 2 heterocycles. The van der Waals surface area contributed by atoms with E-state index >= 15 is 0 Å². The fourth-order valence-corrected chi connectivity index (χ4v) is 4.01. The Hall–Kier alpha value is -1.89. The van der Waals surface area contributed by atoms with E-state index in [-0.39, 0.29) is 0 Å². The number of nitrogens with zero attached hydrogens (tertiary/aromatic N) is 3. The van der Waals surface area contributed by atoms with Crippen molar-refractivity contribution < 1.29 is 0 Å². The van der Waals surface area contributed by atoms with E-state index in [1.165, 1.54) is 34.0 Å². The third-order valence-electron chi connectivity index (χ3n) is 4.93. The van der Waals surface area contributed by atoms with Crippen LogP contribution in [0.4, 0.5) is 0 Å². The zero-order chi connectivity index (χ0) is 19.1. The van der Waals surface area contributed by atoms with Gasteiger partial charge in [0.25, 0.3) is 0 Å². The molecule has 1 aromatic heterocycles. The lowest BCUT2D eigenvalue weighted by Gasteiger charge is -2.32. The molecule has 0 radical (unpaired) electrons. The summed E-state index contributed by atoms with van der Waals surface area (Å²) < 4.78 is 0. The molecule has 146 valence electrons. The molecule has 3 rings (SSSR count). The summed E-state index contributed by atoms with van der Waals surface area (Å²) in [7, 11) is 4.01. The Bertz CT molecular complexity index is 729. The van der Waals surface area contributed by atoms with Gasteiger partial charge in [0.15, 0.2) is 5.96 Å². The molecule has 1 saturated heterocycles. The normalized spacial score (nSPS) is 16.5. The Morgan fingerprint density at radius 1 is 0.963 bits per heavy atom. The van der Waals surface area contributed by atoms with Crippen LogP contribution in [0.5, 0.6) is 0 Å². The third kappa shape index (κ3) is 6.34. The van der Waals surface area contributed by atoms with E-state index in [1.807, 2.05) is 18.4 Å². The lowest BCUT2D eigenvalue weighted by molar-refractivity contribution is 0.148. The molecule has 0 saturated carbocycles. The summed E-state index contributed by atoms with van der Waals surface area (Å²) in [6, 6.07) is 13.3. The highest BCUT2D eigenvalue weighted by atomic mass is 32.1. The van der Waals surface area contributed by atoms with E-state index in [9.17, 15) is 0 Å². The van der Waals surface area contributed by atoms with Gasteiger partial charge >= 0.3 is 0 Å². The second kappa shape index (κ2) is 9.88. The number of likely N-dealkylation sites (N-methyl/N-ethyl adjacent to an activating group) is 1. The van der Waals surface area contributed by atoms with Crippen molar-refractivity contribution in [1.29, 1.82) is 0 Å². The number of guanidine groups is 1. The Kier molecular flexibility index (Phi) is 7.26. The predicted molar refractivity (Wildman–Crippen MR) is 115 cm³/mol. The van der Waals surface area contributed by atoms with Crippen LogP contribution in [0, 0.1) is 6.92 Å². The van der Waals surface area contributed by atoms with Gasteiger partial charge in [-0.15, -0.1) is 11.3 Å². The molecule has 5 nitrogen and oxygen atoms in total.